The standard InChI is InChI=1S/C16H23N3O2/c17-15(20)13-9-12-3-1-2-4-14(12)19-16(13)21-10-11-5-7-18-8-6-11/h9,11,18H,1-8,10H2,(H2,17,20). The van der Waals surface area contributed by atoms with Gasteiger partial charge in [0.1, 0.15) is 5.56 Å². The first kappa shape index (κ1) is 14.3. The molecule has 3 N–H and O–H groups in total. The van der Waals surface area contributed by atoms with Crippen molar-refractivity contribution < 1.29 is 9.53 Å². The Labute approximate surface area is 125 Å². The summed E-state index contributed by atoms with van der Waals surface area (Å²) in [4.78, 5) is 16.2. The minimum Gasteiger partial charge on any atom is -0.477 e. The third-order valence-electron chi connectivity index (χ3n) is 4.45. The molecule has 5 heteroatoms. The molecule has 5 nitrogen and oxygen atoms in total. The van der Waals surface area contributed by atoms with Crippen molar-refractivity contribution in [1.29, 1.82) is 0 Å². The van der Waals surface area contributed by atoms with Gasteiger partial charge in [0, 0.05) is 5.69 Å². The van der Waals surface area contributed by atoms with E-state index in [1.54, 1.807) is 0 Å². The first-order valence-electron chi connectivity index (χ1n) is 7.90. The number of fused-ring (bicyclic) bond motifs is 1. The van der Waals surface area contributed by atoms with Crippen molar-refractivity contribution in [3.63, 3.8) is 0 Å². The number of nitrogens with one attached hydrogen (secondary N) is 1. The van der Waals surface area contributed by atoms with E-state index in [1.165, 1.54) is 0 Å². The molecule has 1 saturated heterocycles. The Morgan fingerprint density at radius 1 is 1.33 bits per heavy atom. The highest BCUT2D eigenvalue weighted by Crippen LogP contribution is 2.26. The molecule has 1 aliphatic heterocycles. The van der Waals surface area contributed by atoms with Gasteiger partial charge in [-0.15, -0.1) is 0 Å². The van der Waals surface area contributed by atoms with E-state index in [0.29, 0.717) is 24.0 Å². The normalized spacial score (nSPS) is 19.0. The summed E-state index contributed by atoms with van der Waals surface area (Å²) in [6, 6.07) is 1.89. The largest absolute Gasteiger partial charge is 0.477 e. The van der Waals surface area contributed by atoms with Gasteiger partial charge in [-0.2, -0.15) is 0 Å². The Bertz CT molecular complexity index is 524. The molecule has 0 saturated carbocycles. The number of hydrogen-bond acceptors (Lipinski definition) is 4. The zero-order valence-corrected chi connectivity index (χ0v) is 12.4. The molecule has 2 aliphatic rings. The molecular formula is C16H23N3O2. The smallest absolute Gasteiger partial charge is 0.254 e. The second kappa shape index (κ2) is 6.43. The van der Waals surface area contributed by atoms with Gasteiger partial charge in [0.15, 0.2) is 0 Å². The highest BCUT2D eigenvalue weighted by Gasteiger charge is 2.20. The zero-order chi connectivity index (χ0) is 14.7. The van der Waals surface area contributed by atoms with Crippen LogP contribution in [-0.4, -0.2) is 30.6 Å². The van der Waals surface area contributed by atoms with Crippen LogP contribution in [0.5, 0.6) is 5.88 Å². The van der Waals surface area contributed by atoms with Crippen molar-refractivity contribution in [1.82, 2.24) is 10.3 Å². The fourth-order valence-electron chi connectivity index (χ4n) is 3.15. The van der Waals surface area contributed by atoms with Crippen molar-refractivity contribution in [3.05, 3.63) is 22.9 Å². The molecule has 1 fully saturated rings. The number of rotatable bonds is 4. The topological polar surface area (TPSA) is 77.2 Å². The van der Waals surface area contributed by atoms with E-state index in [4.69, 9.17) is 10.5 Å². The summed E-state index contributed by atoms with van der Waals surface area (Å²) in [5.41, 5.74) is 8.15. The van der Waals surface area contributed by atoms with Crippen LogP contribution in [0.3, 0.4) is 0 Å². The number of aromatic nitrogens is 1. The van der Waals surface area contributed by atoms with E-state index in [2.05, 4.69) is 10.3 Å². The lowest BCUT2D eigenvalue weighted by atomic mass is 9.95. The Balaban J connectivity index is 1.77. The molecular weight excluding hydrogens is 266 g/mol. The van der Waals surface area contributed by atoms with E-state index in [-0.39, 0.29) is 0 Å². The van der Waals surface area contributed by atoms with Crippen LogP contribution in [0.25, 0.3) is 0 Å². The first-order chi connectivity index (χ1) is 10.2. The van der Waals surface area contributed by atoms with Gasteiger partial charge in [-0.05, 0) is 69.2 Å². The molecule has 114 valence electrons. The molecule has 0 spiro atoms. The number of pyridine rings is 1. The number of hydrogen-bond donors (Lipinski definition) is 2. The molecule has 0 unspecified atom stereocenters. The van der Waals surface area contributed by atoms with Crippen LogP contribution < -0.4 is 15.8 Å². The molecule has 0 aromatic carbocycles. The number of piperidine rings is 1. The lowest BCUT2D eigenvalue weighted by molar-refractivity contribution is 0.0993. The predicted molar refractivity (Wildman–Crippen MR) is 80.5 cm³/mol. The number of carbonyl (C=O) groups is 1. The highest BCUT2D eigenvalue weighted by molar-refractivity contribution is 5.95. The summed E-state index contributed by atoms with van der Waals surface area (Å²) in [5.74, 6) is 0.516. The maximum absolute atomic E-state index is 11.7. The van der Waals surface area contributed by atoms with E-state index in [1.807, 2.05) is 6.07 Å². The quantitative estimate of drug-likeness (QED) is 0.879. The molecule has 1 aliphatic carbocycles. The van der Waals surface area contributed by atoms with Gasteiger partial charge >= 0.3 is 0 Å². The second-order valence-electron chi connectivity index (χ2n) is 6.02. The van der Waals surface area contributed by atoms with Crippen LogP contribution in [0.4, 0.5) is 0 Å². The van der Waals surface area contributed by atoms with Gasteiger partial charge in [-0.1, -0.05) is 0 Å². The molecule has 21 heavy (non-hydrogen) atoms. The first-order valence-corrected chi connectivity index (χ1v) is 7.90. The highest BCUT2D eigenvalue weighted by atomic mass is 16.5. The van der Waals surface area contributed by atoms with E-state index >= 15 is 0 Å². The van der Waals surface area contributed by atoms with Crippen molar-refractivity contribution in [2.75, 3.05) is 19.7 Å². The number of nitrogens with zero attached hydrogens (tertiary/aromatic N) is 1. The number of ether oxygens (including phenoxy) is 1. The van der Waals surface area contributed by atoms with Crippen LogP contribution in [-0.2, 0) is 12.8 Å². The minimum atomic E-state index is -0.448. The monoisotopic (exact) mass is 289 g/mol. The van der Waals surface area contributed by atoms with Crippen LogP contribution in [0.2, 0.25) is 0 Å². The lowest BCUT2D eigenvalue weighted by Gasteiger charge is -2.23. The van der Waals surface area contributed by atoms with Gasteiger partial charge in [-0.25, -0.2) is 4.98 Å². The third-order valence-corrected chi connectivity index (χ3v) is 4.45. The number of primary amides is 1. The predicted octanol–water partition coefficient (Wildman–Crippen LogP) is 1.44. The summed E-state index contributed by atoms with van der Waals surface area (Å²) >= 11 is 0. The zero-order valence-electron chi connectivity index (χ0n) is 12.4. The summed E-state index contributed by atoms with van der Waals surface area (Å²) < 4.78 is 5.86. The average molecular weight is 289 g/mol. The molecule has 2 heterocycles. The van der Waals surface area contributed by atoms with Gasteiger partial charge in [-0.3, -0.25) is 4.79 Å². The second-order valence-corrected chi connectivity index (χ2v) is 6.02. The molecule has 1 aromatic rings. The average Bonchev–Trinajstić information content (AvgIpc) is 2.53. The maximum Gasteiger partial charge on any atom is 0.254 e. The Morgan fingerprint density at radius 3 is 2.86 bits per heavy atom. The lowest BCUT2D eigenvalue weighted by Crippen LogP contribution is -2.31. The fraction of sp³-hybridized carbons (Fsp3) is 0.625. The maximum atomic E-state index is 11.7. The number of amides is 1. The molecule has 0 bridgehead atoms. The van der Waals surface area contributed by atoms with Gasteiger partial charge in [0.25, 0.3) is 5.91 Å². The SMILES string of the molecule is NC(=O)c1cc2c(nc1OCC1CCNCC1)CCCC2. The van der Waals surface area contributed by atoms with Crippen LogP contribution >= 0.6 is 0 Å². The fourth-order valence-corrected chi connectivity index (χ4v) is 3.15. The summed E-state index contributed by atoms with van der Waals surface area (Å²) in [6.07, 6.45) is 6.48. The van der Waals surface area contributed by atoms with Crippen molar-refractivity contribution in [2.45, 2.75) is 38.5 Å². The molecule has 1 amide bonds. The Hall–Kier alpha value is -1.62. The summed E-state index contributed by atoms with van der Waals surface area (Å²) in [7, 11) is 0. The molecule has 0 atom stereocenters. The molecule has 0 radical (unpaired) electrons. The van der Waals surface area contributed by atoms with Gasteiger partial charge in [0.2, 0.25) is 5.88 Å². The van der Waals surface area contributed by atoms with E-state index in [9.17, 15) is 4.79 Å². The minimum absolute atomic E-state index is 0.432. The van der Waals surface area contributed by atoms with Crippen LogP contribution in [0.1, 0.15) is 47.3 Å². The summed E-state index contributed by atoms with van der Waals surface area (Å²) in [6.45, 7) is 2.69. The number of nitrogens with two attached hydrogens (primary N) is 1. The van der Waals surface area contributed by atoms with Crippen LogP contribution in [0.15, 0.2) is 6.07 Å². The van der Waals surface area contributed by atoms with E-state index < -0.39 is 5.91 Å². The van der Waals surface area contributed by atoms with Crippen LogP contribution in [0, 0.1) is 5.92 Å². The molecule has 3 rings (SSSR count). The van der Waals surface area contributed by atoms with Crippen molar-refractivity contribution >= 4 is 5.91 Å². The number of aryl methyl sites for hydroxylation is 2. The Kier molecular flexibility index (Phi) is 4.39. The van der Waals surface area contributed by atoms with Crippen molar-refractivity contribution in [2.24, 2.45) is 11.7 Å². The Morgan fingerprint density at radius 2 is 2.10 bits per heavy atom. The van der Waals surface area contributed by atoms with Crippen molar-refractivity contribution in [3.8, 4) is 5.88 Å². The van der Waals surface area contributed by atoms with E-state index in [0.717, 1.165) is 62.9 Å². The summed E-state index contributed by atoms with van der Waals surface area (Å²) in [5, 5.41) is 3.34. The van der Waals surface area contributed by atoms with Gasteiger partial charge in [0.05, 0.1) is 6.61 Å². The third kappa shape index (κ3) is 3.35. The molecule has 1 aromatic heterocycles. The number of carbonyl (C=O) groups excluding carboxylic acids is 1. The van der Waals surface area contributed by atoms with Gasteiger partial charge < -0.3 is 15.8 Å².